The summed E-state index contributed by atoms with van der Waals surface area (Å²) >= 11 is 0. The summed E-state index contributed by atoms with van der Waals surface area (Å²) in [5, 5.41) is 1.44. The number of hydrogen-bond donors (Lipinski definition) is 1. The van der Waals surface area contributed by atoms with E-state index < -0.39 is 12.1 Å². The molecule has 1 atom stereocenters. The minimum atomic E-state index is -4.12. The van der Waals surface area contributed by atoms with E-state index >= 15 is 0 Å². The molecule has 1 unspecified atom stereocenters. The minimum Gasteiger partial charge on any atom is -0.361 e. The summed E-state index contributed by atoms with van der Waals surface area (Å²) in [7, 11) is 0. The van der Waals surface area contributed by atoms with Crippen LogP contribution >= 0.6 is 0 Å². The number of hydrogen-bond acceptors (Lipinski definition) is 0. The zero-order valence-corrected chi connectivity index (χ0v) is 6.73. The highest BCUT2D eigenvalue weighted by Crippen LogP contribution is 2.30. The van der Waals surface area contributed by atoms with Crippen LogP contribution in [0.3, 0.4) is 0 Å². The summed E-state index contributed by atoms with van der Waals surface area (Å²) < 4.78 is 36.8. The van der Waals surface area contributed by atoms with E-state index in [1.54, 1.807) is 18.3 Å². The predicted molar refractivity (Wildman–Crippen MR) is 43.1 cm³/mol. The molecule has 0 aromatic carbocycles. The second-order valence-electron chi connectivity index (χ2n) is 3.10. The number of H-pyrrole nitrogens is 1. The average molecular weight is 187 g/mol. The molecule has 1 aliphatic rings. The monoisotopic (exact) mass is 187 g/mol. The van der Waals surface area contributed by atoms with Crippen LogP contribution in [-0.2, 0) is 0 Å². The molecule has 0 fully saturated rings. The zero-order valence-electron chi connectivity index (χ0n) is 6.73. The fraction of sp³-hybridized carbons (Fsp3) is 0.333. The molecule has 70 valence electrons. The molecule has 0 bridgehead atoms. The van der Waals surface area contributed by atoms with E-state index in [1.165, 1.54) is 6.08 Å². The topological polar surface area (TPSA) is 15.8 Å². The normalized spacial score (nSPS) is 21.6. The number of nitrogens with one attached hydrogen (secondary N) is 1. The Kier molecular flexibility index (Phi) is 1.71. The molecule has 1 heterocycles. The smallest absolute Gasteiger partial charge is 0.361 e. The van der Waals surface area contributed by atoms with Crippen LogP contribution in [0.25, 0.3) is 12.2 Å². The lowest BCUT2D eigenvalue weighted by Gasteiger charge is -2.16. The molecule has 1 aliphatic carbocycles. The maximum absolute atomic E-state index is 12.3. The van der Waals surface area contributed by atoms with E-state index in [2.05, 4.69) is 4.98 Å². The van der Waals surface area contributed by atoms with Crippen LogP contribution in [0, 0.1) is 5.92 Å². The van der Waals surface area contributed by atoms with Gasteiger partial charge in [0.2, 0.25) is 0 Å². The van der Waals surface area contributed by atoms with Crippen LogP contribution in [0.5, 0.6) is 0 Å². The zero-order chi connectivity index (χ0) is 9.47. The lowest BCUT2D eigenvalue weighted by molar-refractivity contribution is -0.155. The fourth-order valence-corrected chi connectivity index (χ4v) is 1.47. The van der Waals surface area contributed by atoms with Gasteiger partial charge in [0.25, 0.3) is 0 Å². The first-order valence-corrected chi connectivity index (χ1v) is 3.99. The SMILES string of the molecule is FC(F)(F)C1C=c2cc[nH]c2=CC1. The van der Waals surface area contributed by atoms with Gasteiger partial charge in [-0.2, -0.15) is 13.2 Å². The van der Waals surface area contributed by atoms with E-state index in [1.807, 2.05) is 0 Å². The standard InChI is InChI=1S/C9H8F3N/c10-9(11,12)7-1-2-8-6(5-7)3-4-13-8/h2-5,7,13H,1H2. The van der Waals surface area contributed by atoms with Crippen molar-refractivity contribution in [2.45, 2.75) is 12.6 Å². The Labute approximate surface area is 72.6 Å². The van der Waals surface area contributed by atoms with Crippen molar-refractivity contribution in [2.24, 2.45) is 5.92 Å². The van der Waals surface area contributed by atoms with Gasteiger partial charge in [0.15, 0.2) is 0 Å². The molecule has 0 saturated heterocycles. The highest BCUT2D eigenvalue weighted by molar-refractivity contribution is 5.39. The van der Waals surface area contributed by atoms with E-state index in [9.17, 15) is 13.2 Å². The largest absolute Gasteiger partial charge is 0.395 e. The third-order valence-corrected chi connectivity index (χ3v) is 2.19. The van der Waals surface area contributed by atoms with Crippen LogP contribution in [0.4, 0.5) is 13.2 Å². The van der Waals surface area contributed by atoms with Crippen LogP contribution < -0.4 is 10.6 Å². The van der Waals surface area contributed by atoms with Crippen molar-refractivity contribution in [1.29, 1.82) is 0 Å². The van der Waals surface area contributed by atoms with Crippen molar-refractivity contribution in [1.82, 2.24) is 4.98 Å². The second-order valence-corrected chi connectivity index (χ2v) is 3.10. The lowest BCUT2D eigenvalue weighted by Crippen LogP contribution is -2.32. The van der Waals surface area contributed by atoms with Gasteiger partial charge >= 0.3 is 6.18 Å². The van der Waals surface area contributed by atoms with Crippen LogP contribution in [0.15, 0.2) is 12.3 Å². The first kappa shape index (κ1) is 8.41. The molecule has 1 nitrogen and oxygen atoms in total. The summed E-state index contributed by atoms with van der Waals surface area (Å²) in [5.74, 6) is -1.32. The molecule has 13 heavy (non-hydrogen) atoms. The molecule has 0 saturated carbocycles. The average Bonchev–Trinajstić information content (AvgIpc) is 2.47. The van der Waals surface area contributed by atoms with Gasteiger partial charge in [-0.15, -0.1) is 0 Å². The summed E-state index contributed by atoms with van der Waals surface area (Å²) in [5.41, 5.74) is 0. The summed E-state index contributed by atoms with van der Waals surface area (Å²) in [6, 6.07) is 1.66. The molecule has 4 heteroatoms. The van der Waals surface area contributed by atoms with Gasteiger partial charge in [0, 0.05) is 11.5 Å². The Bertz CT molecular complexity index is 413. The third kappa shape index (κ3) is 1.48. The van der Waals surface area contributed by atoms with Gasteiger partial charge in [-0.1, -0.05) is 12.2 Å². The van der Waals surface area contributed by atoms with Crippen LogP contribution in [0.2, 0.25) is 0 Å². The number of aromatic nitrogens is 1. The quantitative estimate of drug-likeness (QED) is 0.627. The van der Waals surface area contributed by atoms with E-state index in [-0.39, 0.29) is 6.42 Å². The van der Waals surface area contributed by atoms with Gasteiger partial charge in [-0.3, -0.25) is 0 Å². The highest BCUT2D eigenvalue weighted by Gasteiger charge is 2.37. The van der Waals surface area contributed by atoms with Gasteiger partial charge in [-0.05, 0) is 17.7 Å². The molecule has 0 radical (unpaired) electrons. The van der Waals surface area contributed by atoms with Crippen molar-refractivity contribution in [2.75, 3.05) is 0 Å². The second kappa shape index (κ2) is 2.65. The lowest BCUT2D eigenvalue weighted by atomic mass is 10.00. The van der Waals surface area contributed by atoms with Crippen molar-refractivity contribution < 1.29 is 13.2 Å². The van der Waals surface area contributed by atoms with Gasteiger partial charge in [0.1, 0.15) is 0 Å². The Hall–Kier alpha value is -1.19. The fourth-order valence-electron chi connectivity index (χ4n) is 1.47. The highest BCUT2D eigenvalue weighted by atomic mass is 19.4. The van der Waals surface area contributed by atoms with Crippen molar-refractivity contribution in [3.63, 3.8) is 0 Å². The molecule has 0 amide bonds. The van der Waals surface area contributed by atoms with Crippen LogP contribution in [0.1, 0.15) is 6.42 Å². The van der Waals surface area contributed by atoms with Gasteiger partial charge < -0.3 is 4.98 Å². The Morgan fingerprint density at radius 3 is 2.85 bits per heavy atom. The Morgan fingerprint density at radius 2 is 2.15 bits per heavy atom. The summed E-state index contributed by atoms with van der Waals surface area (Å²) in [4.78, 5) is 2.88. The molecule has 0 aliphatic heterocycles. The third-order valence-electron chi connectivity index (χ3n) is 2.19. The summed E-state index contributed by atoms with van der Waals surface area (Å²) in [6.45, 7) is 0. The molecule has 1 aromatic heterocycles. The number of fused-ring (bicyclic) bond motifs is 1. The Balaban J connectivity index is 2.45. The molecule has 0 spiro atoms. The number of rotatable bonds is 0. The van der Waals surface area contributed by atoms with Crippen molar-refractivity contribution >= 4 is 12.2 Å². The Morgan fingerprint density at radius 1 is 1.38 bits per heavy atom. The van der Waals surface area contributed by atoms with E-state index in [0.29, 0.717) is 5.22 Å². The maximum atomic E-state index is 12.3. The molecular weight excluding hydrogens is 179 g/mol. The molecule has 1 aromatic rings. The van der Waals surface area contributed by atoms with Gasteiger partial charge in [0.05, 0.1) is 5.92 Å². The molecular formula is C9H8F3N. The molecule has 1 N–H and O–H groups in total. The predicted octanol–water partition coefficient (Wildman–Crippen LogP) is 1.16. The van der Waals surface area contributed by atoms with Crippen LogP contribution in [-0.4, -0.2) is 11.2 Å². The number of aromatic amines is 1. The van der Waals surface area contributed by atoms with Gasteiger partial charge in [-0.25, -0.2) is 0 Å². The van der Waals surface area contributed by atoms with Crippen molar-refractivity contribution in [3.05, 3.63) is 22.8 Å². The van der Waals surface area contributed by atoms with E-state index in [0.717, 1.165) is 5.35 Å². The minimum absolute atomic E-state index is 0.0387. The summed E-state index contributed by atoms with van der Waals surface area (Å²) in [6.07, 6.45) is 0.429. The molecule has 2 rings (SSSR count). The first-order valence-electron chi connectivity index (χ1n) is 3.99. The first-order chi connectivity index (χ1) is 6.07. The van der Waals surface area contributed by atoms with E-state index in [4.69, 9.17) is 0 Å². The number of alkyl halides is 3. The number of halogens is 3. The maximum Gasteiger partial charge on any atom is 0.395 e. The van der Waals surface area contributed by atoms with Crippen molar-refractivity contribution in [3.8, 4) is 0 Å².